The number of carbonyl (C=O) groups is 1. The lowest BCUT2D eigenvalue weighted by Crippen LogP contribution is -2.32. The number of carbonyl (C=O) groups excluding carboxylic acids is 1. The number of ether oxygens (including phenoxy) is 3. The van der Waals surface area contributed by atoms with Crippen LogP contribution in [0.3, 0.4) is 0 Å². The van der Waals surface area contributed by atoms with Gasteiger partial charge in [0.25, 0.3) is 0 Å². The van der Waals surface area contributed by atoms with Gasteiger partial charge in [-0.2, -0.15) is 0 Å². The van der Waals surface area contributed by atoms with Crippen molar-refractivity contribution in [1.82, 2.24) is 0 Å². The lowest BCUT2D eigenvalue weighted by atomic mass is 9.94. The van der Waals surface area contributed by atoms with E-state index in [1.165, 1.54) is 19.3 Å². The number of cyclic esters (lactones) is 1. The third-order valence-electron chi connectivity index (χ3n) is 3.81. The first kappa shape index (κ1) is 13.8. The number of hydrogen-bond acceptors (Lipinski definition) is 4. The van der Waals surface area contributed by atoms with E-state index in [9.17, 15) is 4.79 Å². The highest BCUT2D eigenvalue weighted by atomic mass is 16.7. The Balaban J connectivity index is 0.000000149. The second kappa shape index (κ2) is 6.02. The highest BCUT2D eigenvalue weighted by Gasteiger charge is 2.40. The topological polar surface area (TPSA) is 44.8 Å². The summed E-state index contributed by atoms with van der Waals surface area (Å²) >= 11 is 0. The van der Waals surface area contributed by atoms with Crippen molar-refractivity contribution >= 4 is 5.97 Å². The van der Waals surface area contributed by atoms with Crippen molar-refractivity contribution in [2.24, 2.45) is 5.92 Å². The molecule has 2 atom stereocenters. The van der Waals surface area contributed by atoms with Crippen molar-refractivity contribution in [3.63, 3.8) is 0 Å². The van der Waals surface area contributed by atoms with Gasteiger partial charge in [-0.25, -0.2) is 0 Å². The minimum Gasteiger partial charge on any atom is -0.465 e. The molecule has 0 aromatic heterocycles. The van der Waals surface area contributed by atoms with Crippen LogP contribution in [0.15, 0.2) is 0 Å². The first-order chi connectivity index (χ1) is 8.61. The maximum absolute atomic E-state index is 10.4. The fourth-order valence-corrected chi connectivity index (χ4v) is 2.65. The SMILES string of the molecule is CC1CCOC1=O.CC1COC2(CCCCC2)O1. The molecule has 4 nitrogen and oxygen atoms in total. The van der Waals surface area contributed by atoms with E-state index in [-0.39, 0.29) is 17.7 Å². The summed E-state index contributed by atoms with van der Waals surface area (Å²) in [6, 6.07) is 0. The van der Waals surface area contributed by atoms with Gasteiger partial charge in [0.05, 0.1) is 25.2 Å². The van der Waals surface area contributed by atoms with Crippen LogP contribution >= 0.6 is 0 Å². The van der Waals surface area contributed by atoms with Crippen LogP contribution in [0.25, 0.3) is 0 Å². The Morgan fingerprint density at radius 3 is 2.28 bits per heavy atom. The van der Waals surface area contributed by atoms with Crippen molar-refractivity contribution < 1.29 is 19.0 Å². The minimum absolute atomic E-state index is 0.0417. The first-order valence-electron chi connectivity index (χ1n) is 7.10. The summed E-state index contributed by atoms with van der Waals surface area (Å²) in [7, 11) is 0. The first-order valence-corrected chi connectivity index (χ1v) is 7.10. The van der Waals surface area contributed by atoms with Crippen molar-refractivity contribution in [2.45, 2.75) is 64.3 Å². The molecular weight excluding hydrogens is 232 g/mol. The summed E-state index contributed by atoms with van der Waals surface area (Å²) in [6.45, 7) is 5.39. The van der Waals surface area contributed by atoms with Gasteiger partial charge in [0, 0.05) is 12.8 Å². The fourth-order valence-electron chi connectivity index (χ4n) is 2.65. The zero-order valence-corrected chi connectivity index (χ0v) is 11.4. The van der Waals surface area contributed by atoms with Crippen LogP contribution in [0.4, 0.5) is 0 Å². The lowest BCUT2D eigenvalue weighted by molar-refractivity contribution is -0.185. The molecule has 3 rings (SSSR count). The summed E-state index contributed by atoms with van der Waals surface area (Å²) in [4.78, 5) is 10.4. The van der Waals surface area contributed by atoms with Gasteiger partial charge in [0.15, 0.2) is 5.79 Å². The Morgan fingerprint density at radius 1 is 1.17 bits per heavy atom. The van der Waals surface area contributed by atoms with Crippen LogP contribution in [0.1, 0.15) is 52.4 Å². The third-order valence-corrected chi connectivity index (χ3v) is 3.81. The van der Waals surface area contributed by atoms with E-state index < -0.39 is 0 Å². The zero-order chi connectivity index (χ0) is 13.0. The van der Waals surface area contributed by atoms with E-state index in [2.05, 4.69) is 11.7 Å². The molecule has 3 aliphatic rings. The predicted octanol–water partition coefficient (Wildman–Crippen LogP) is 2.65. The summed E-state index contributed by atoms with van der Waals surface area (Å²) in [5, 5.41) is 0. The average Bonchev–Trinajstić information content (AvgIpc) is 2.89. The molecule has 2 saturated heterocycles. The Hall–Kier alpha value is -0.610. The number of esters is 1. The van der Waals surface area contributed by atoms with E-state index >= 15 is 0 Å². The van der Waals surface area contributed by atoms with Crippen LogP contribution < -0.4 is 0 Å². The van der Waals surface area contributed by atoms with Crippen LogP contribution in [0, 0.1) is 5.92 Å². The Bertz CT molecular complexity index is 278. The standard InChI is InChI=1S/C9H16O2.C5H8O2/c1-8-7-10-9(11-8)5-3-2-4-6-9;1-4-2-3-7-5(4)6/h8H,2-7H2,1H3;4H,2-3H2,1H3. The molecule has 1 spiro atoms. The Labute approximate surface area is 109 Å². The molecule has 1 saturated carbocycles. The maximum Gasteiger partial charge on any atom is 0.308 e. The minimum atomic E-state index is -0.155. The monoisotopic (exact) mass is 256 g/mol. The van der Waals surface area contributed by atoms with Crippen LogP contribution in [-0.2, 0) is 19.0 Å². The van der Waals surface area contributed by atoms with Crippen LogP contribution in [0.5, 0.6) is 0 Å². The largest absolute Gasteiger partial charge is 0.465 e. The molecule has 4 heteroatoms. The smallest absolute Gasteiger partial charge is 0.308 e. The normalized spacial score (nSPS) is 34.0. The number of rotatable bonds is 0. The molecule has 0 aromatic carbocycles. The van der Waals surface area contributed by atoms with Gasteiger partial charge < -0.3 is 14.2 Å². The van der Waals surface area contributed by atoms with E-state index in [1.807, 2.05) is 6.92 Å². The molecule has 18 heavy (non-hydrogen) atoms. The Kier molecular flexibility index (Phi) is 4.62. The quantitative estimate of drug-likeness (QED) is 0.625. The summed E-state index contributed by atoms with van der Waals surface area (Å²) in [6.07, 6.45) is 7.32. The van der Waals surface area contributed by atoms with Crippen molar-refractivity contribution in [2.75, 3.05) is 13.2 Å². The number of hydrogen-bond donors (Lipinski definition) is 0. The highest BCUT2D eigenvalue weighted by molar-refractivity contribution is 5.73. The van der Waals surface area contributed by atoms with E-state index in [0.717, 1.165) is 25.9 Å². The molecule has 2 unspecified atom stereocenters. The summed E-state index contributed by atoms with van der Waals surface area (Å²) in [5.74, 6) is -0.0440. The molecule has 0 aromatic rings. The van der Waals surface area contributed by atoms with E-state index in [1.54, 1.807) is 0 Å². The lowest BCUT2D eigenvalue weighted by Gasteiger charge is -2.31. The molecule has 0 N–H and O–H groups in total. The molecule has 104 valence electrons. The van der Waals surface area contributed by atoms with Gasteiger partial charge in [-0.3, -0.25) is 4.79 Å². The van der Waals surface area contributed by atoms with Gasteiger partial charge in [0.2, 0.25) is 0 Å². The average molecular weight is 256 g/mol. The second-order valence-corrected chi connectivity index (χ2v) is 5.57. The molecule has 3 fully saturated rings. The van der Waals surface area contributed by atoms with Crippen molar-refractivity contribution in [3.05, 3.63) is 0 Å². The fraction of sp³-hybridized carbons (Fsp3) is 0.929. The van der Waals surface area contributed by atoms with E-state index in [0.29, 0.717) is 12.7 Å². The van der Waals surface area contributed by atoms with Crippen LogP contribution in [0.2, 0.25) is 0 Å². The molecule has 2 aliphatic heterocycles. The van der Waals surface area contributed by atoms with Crippen molar-refractivity contribution in [1.29, 1.82) is 0 Å². The van der Waals surface area contributed by atoms with E-state index in [4.69, 9.17) is 9.47 Å². The van der Waals surface area contributed by atoms with Gasteiger partial charge in [-0.15, -0.1) is 0 Å². The van der Waals surface area contributed by atoms with Gasteiger partial charge in [-0.1, -0.05) is 13.3 Å². The van der Waals surface area contributed by atoms with Gasteiger partial charge >= 0.3 is 5.97 Å². The highest BCUT2D eigenvalue weighted by Crippen LogP contribution is 2.37. The zero-order valence-electron chi connectivity index (χ0n) is 11.4. The molecular formula is C14H24O4. The second-order valence-electron chi connectivity index (χ2n) is 5.57. The summed E-state index contributed by atoms with van der Waals surface area (Å²) < 4.78 is 16.1. The maximum atomic E-state index is 10.4. The Morgan fingerprint density at radius 2 is 1.89 bits per heavy atom. The molecule has 1 aliphatic carbocycles. The third kappa shape index (κ3) is 3.45. The van der Waals surface area contributed by atoms with Crippen molar-refractivity contribution in [3.8, 4) is 0 Å². The molecule has 2 heterocycles. The van der Waals surface area contributed by atoms with Crippen LogP contribution in [-0.4, -0.2) is 31.1 Å². The molecule has 0 radical (unpaired) electrons. The predicted molar refractivity (Wildman–Crippen MR) is 67.1 cm³/mol. The van der Waals surface area contributed by atoms with Gasteiger partial charge in [0.1, 0.15) is 0 Å². The van der Waals surface area contributed by atoms with Gasteiger partial charge in [-0.05, 0) is 26.2 Å². The summed E-state index contributed by atoms with van der Waals surface area (Å²) in [5.41, 5.74) is 0. The molecule has 0 bridgehead atoms. The molecule has 0 amide bonds.